The lowest BCUT2D eigenvalue weighted by Crippen LogP contribution is -2.64. The zero-order valence-corrected chi connectivity index (χ0v) is 17.9. The predicted molar refractivity (Wildman–Crippen MR) is 121 cm³/mol. The molecular formula is C27H30O4. The van der Waals surface area contributed by atoms with E-state index in [-0.39, 0.29) is 12.2 Å². The van der Waals surface area contributed by atoms with Crippen LogP contribution in [0.5, 0.6) is 0 Å². The molecule has 1 N–H and O–H groups in total. The van der Waals surface area contributed by atoms with Crippen molar-refractivity contribution in [2.24, 2.45) is 0 Å². The lowest BCUT2D eigenvalue weighted by Gasteiger charge is -2.47. The van der Waals surface area contributed by atoms with Crippen LogP contribution < -0.4 is 0 Å². The molecular weight excluding hydrogens is 388 g/mol. The molecule has 4 atom stereocenters. The largest absolute Gasteiger partial charge is 0.384 e. The highest BCUT2D eigenvalue weighted by Crippen LogP contribution is 2.34. The first-order valence-electron chi connectivity index (χ1n) is 10.8. The molecule has 0 bridgehead atoms. The molecule has 1 heterocycles. The van der Waals surface area contributed by atoms with E-state index in [2.05, 4.69) is 0 Å². The van der Waals surface area contributed by atoms with E-state index in [0.717, 1.165) is 16.7 Å². The van der Waals surface area contributed by atoms with Crippen LogP contribution in [0.1, 0.15) is 23.6 Å². The van der Waals surface area contributed by atoms with Crippen LogP contribution in [0.4, 0.5) is 0 Å². The van der Waals surface area contributed by atoms with Crippen molar-refractivity contribution in [2.75, 3.05) is 6.61 Å². The second-order valence-electron chi connectivity index (χ2n) is 8.18. The molecule has 1 aliphatic heterocycles. The lowest BCUT2D eigenvalue weighted by molar-refractivity contribution is -0.265. The van der Waals surface area contributed by atoms with Gasteiger partial charge in [0.05, 0.1) is 25.9 Å². The van der Waals surface area contributed by atoms with E-state index >= 15 is 0 Å². The standard InChI is InChI=1S/C27H30O4/c1-21-27(28,17-22-11-5-2-6-12-22)26(31-19-24-15-9-4-10-16-24)25(20-29-21)30-18-23-13-7-3-8-14-23/h2-16,21,25-26,28H,17-20H2,1H3/t21?,25?,26?,27-/m1/s1. The fourth-order valence-corrected chi connectivity index (χ4v) is 4.12. The van der Waals surface area contributed by atoms with Gasteiger partial charge in [-0.05, 0) is 23.6 Å². The van der Waals surface area contributed by atoms with Gasteiger partial charge in [0.15, 0.2) is 0 Å². The van der Waals surface area contributed by atoms with Crippen molar-refractivity contribution in [3.05, 3.63) is 108 Å². The highest BCUT2D eigenvalue weighted by molar-refractivity contribution is 5.20. The minimum atomic E-state index is -1.21. The minimum Gasteiger partial charge on any atom is -0.384 e. The summed E-state index contributed by atoms with van der Waals surface area (Å²) < 4.78 is 18.6. The molecule has 4 rings (SSSR count). The van der Waals surface area contributed by atoms with Crippen LogP contribution in [0.3, 0.4) is 0 Å². The van der Waals surface area contributed by atoms with Crippen LogP contribution in [0, 0.1) is 0 Å². The fraction of sp³-hybridized carbons (Fsp3) is 0.333. The molecule has 4 nitrogen and oxygen atoms in total. The third kappa shape index (κ3) is 5.41. The van der Waals surface area contributed by atoms with Crippen LogP contribution in [0.2, 0.25) is 0 Å². The van der Waals surface area contributed by atoms with Crippen molar-refractivity contribution in [3.8, 4) is 0 Å². The maximum absolute atomic E-state index is 11.9. The second kappa shape index (κ2) is 10.2. The van der Waals surface area contributed by atoms with Gasteiger partial charge in [-0.25, -0.2) is 0 Å². The highest BCUT2D eigenvalue weighted by Gasteiger charge is 2.51. The van der Waals surface area contributed by atoms with Crippen LogP contribution >= 0.6 is 0 Å². The summed E-state index contributed by atoms with van der Waals surface area (Å²) in [6, 6.07) is 30.0. The van der Waals surface area contributed by atoms with Crippen molar-refractivity contribution < 1.29 is 19.3 Å². The van der Waals surface area contributed by atoms with Gasteiger partial charge in [0.1, 0.15) is 17.8 Å². The fourth-order valence-electron chi connectivity index (χ4n) is 4.12. The first-order chi connectivity index (χ1) is 15.1. The third-order valence-electron chi connectivity index (χ3n) is 5.95. The van der Waals surface area contributed by atoms with E-state index in [9.17, 15) is 5.11 Å². The summed E-state index contributed by atoms with van der Waals surface area (Å²) in [6.45, 7) is 3.14. The van der Waals surface area contributed by atoms with E-state index in [0.29, 0.717) is 26.2 Å². The molecule has 1 aliphatic rings. The summed E-state index contributed by atoms with van der Waals surface area (Å²) in [5, 5.41) is 11.9. The normalized spacial score (nSPS) is 25.9. The Hall–Kier alpha value is -2.50. The number of hydrogen-bond acceptors (Lipinski definition) is 4. The topological polar surface area (TPSA) is 47.9 Å². The van der Waals surface area contributed by atoms with Gasteiger partial charge in [-0.2, -0.15) is 0 Å². The lowest BCUT2D eigenvalue weighted by atomic mass is 9.80. The SMILES string of the molecule is CC1OCC(OCc2ccccc2)C(OCc2ccccc2)[C@@]1(O)Cc1ccccc1. The average molecular weight is 419 g/mol. The van der Waals surface area contributed by atoms with Crippen LogP contribution in [0.25, 0.3) is 0 Å². The Kier molecular flexibility index (Phi) is 7.15. The Bertz CT molecular complexity index is 916. The van der Waals surface area contributed by atoms with Crippen molar-refractivity contribution in [2.45, 2.75) is 50.5 Å². The van der Waals surface area contributed by atoms with Crippen molar-refractivity contribution in [3.63, 3.8) is 0 Å². The first-order valence-corrected chi connectivity index (χ1v) is 10.8. The molecule has 0 saturated carbocycles. The Morgan fingerprint density at radius 2 is 1.26 bits per heavy atom. The first kappa shape index (κ1) is 21.7. The van der Waals surface area contributed by atoms with E-state index in [4.69, 9.17) is 14.2 Å². The number of benzene rings is 3. The highest BCUT2D eigenvalue weighted by atomic mass is 16.6. The Balaban J connectivity index is 1.56. The Morgan fingerprint density at radius 1 is 0.774 bits per heavy atom. The van der Waals surface area contributed by atoms with Crippen LogP contribution in [0.15, 0.2) is 91.0 Å². The average Bonchev–Trinajstić information content (AvgIpc) is 2.81. The number of hydrogen-bond donors (Lipinski definition) is 1. The van der Waals surface area contributed by atoms with Crippen LogP contribution in [-0.2, 0) is 33.8 Å². The summed E-state index contributed by atoms with van der Waals surface area (Å²) in [5.74, 6) is 0. The minimum absolute atomic E-state index is 0.380. The van der Waals surface area contributed by atoms with Gasteiger partial charge in [-0.3, -0.25) is 0 Å². The third-order valence-corrected chi connectivity index (χ3v) is 5.95. The van der Waals surface area contributed by atoms with Gasteiger partial charge in [-0.1, -0.05) is 91.0 Å². The smallest absolute Gasteiger partial charge is 0.123 e. The molecule has 3 unspecified atom stereocenters. The van der Waals surface area contributed by atoms with Gasteiger partial charge in [0.2, 0.25) is 0 Å². The molecule has 0 amide bonds. The van der Waals surface area contributed by atoms with E-state index in [1.54, 1.807) is 0 Å². The summed E-state index contributed by atoms with van der Waals surface area (Å²) in [7, 11) is 0. The van der Waals surface area contributed by atoms with E-state index in [1.807, 2.05) is 97.9 Å². The quantitative estimate of drug-likeness (QED) is 0.583. The van der Waals surface area contributed by atoms with Crippen molar-refractivity contribution in [1.82, 2.24) is 0 Å². The Labute approximate surface area is 184 Å². The zero-order valence-electron chi connectivity index (χ0n) is 17.9. The molecule has 3 aromatic rings. The molecule has 1 saturated heterocycles. The van der Waals surface area contributed by atoms with Gasteiger partial charge in [0, 0.05) is 6.42 Å². The van der Waals surface area contributed by atoms with Gasteiger partial charge in [0.25, 0.3) is 0 Å². The van der Waals surface area contributed by atoms with Crippen molar-refractivity contribution in [1.29, 1.82) is 0 Å². The molecule has 1 fully saturated rings. The summed E-state index contributed by atoms with van der Waals surface area (Å²) in [5.41, 5.74) is 1.97. The van der Waals surface area contributed by atoms with Gasteiger partial charge >= 0.3 is 0 Å². The summed E-state index contributed by atoms with van der Waals surface area (Å²) >= 11 is 0. The summed E-state index contributed by atoms with van der Waals surface area (Å²) in [4.78, 5) is 0. The maximum Gasteiger partial charge on any atom is 0.123 e. The molecule has 0 radical (unpaired) electrons. The predicted octanol–water partition coefficient (Wildman–Crippen LogP) is 4.55. The van der Waals surface area contributed by atoms with Gasteiger partial charge < -0.3 is 19.3 Å². The second-order valence-corrected chi connectivity index (χ2v) is 8.18. The monoisotopic (exact) mass is 418 g/mol. The van der Waals surface area contributed by atoms with E-state index in [1.165, 1.54) is 0 Å². The maximum atomic E-state index is 11.9. The zero-order chi connectivity index (χ0) is 21.5. The number of aliphatic hydroxyl groups is 1. The molecule has 0 aliphatic carbocycles. The molecule has 0 aromatic heterocycles. The van der Waals surface area contributed by atoms with Crippen LogP contribution in [-0.4, -0.2) is 35.6 Å². The Morgan fingerprint density at radius 3 is 1.81 bits per heavy atom. The number of rotatable bonds is 8. The molecule has 4 heteroatoms. The molecule has 162 valence electrons. The van der Waals surface area contributed by atoms with E-state index < -0.39 is 11.7 Å². The number of ether oxygens (including phenoxy) is 3. The molecule has 31 heavy (non-hydrogen) atoms. The molecule has 3 aromatic carbocycles. The summed E-state index contributed by atoms with van der Waals surface area (Å²) in [6.07, 6.45) is -0.862. The van der Waals surface area contributed by atoms with Crippen molar-refractivity contribution >= 4 is 0 Å². The molecule has 0 spiro atoms. The van der Waals surface area contributed by atoms with Gasteiger partial charge in [-0.15, -0.1) is 0 Å².